The first kappa shape index (κ1) is 14.2. The highest BCUT2D eigenvalue weighted by Crippen LogP contribution is 2.20. The Labute approximate surface area is 122 Å². The zero-order valence-electron chi connectivity index (χ0n) is 11.0. The normalized spacial score (nSPS) is 12.6. The lowest BCUT2D eigenvalue weighted by Gasteiger charge is -2.18. The lowest BCUT2D eigenvalue weighted by molar-refractivity contribution is 0.478. The van der Waals surface area contributed by atoms with Crippen LogP contribution in [0.1, 0.15) is 30.6 Å². The molecule has 3 N–H and O–H groups in total. The second-order valence-electron chi connectivity index (χ2n) is 4.53. The van der Waals surface area contributed by atoms with Crippen LogP contribution in [-0.2, 0) is 13.0 Å². The second kappa shape index (κ2) is 6.84. The number of hydrazine groups is 1. The predicted molar refractivity (Wildman–Crippen MR) is 80.4 cm³/mol. The van der Waals surface area contributed by atoms with Crippen LogP contribution in [0, 0.1) is 0 Å². The molecule has 0 aliphatic rings. The number of nitrogens with two attached hydrogens (primary N) is 1. The Morgan fingerprint density at radius 2 is 2.26 bits per heavy atom. The van der Waals surface area contributed by atoms with Gasteiger partial charge in [0, 0.05) is 17.2 Å². The molecule has 0 saturated carbocycles. The summed E-state index contributed by atoms with van der Waals surface area (Å²) in [7, 11) is 0. The van der Waals surface area contributed by atoms with Crippen LogP contribution in [0.15, 0.2) is 41.0 Å². The molecule has 0 fully saturated rings. The van der Waals surface area contributed by atoms with Gasteiger partial charge in [-0.3, -0.25) is 16.0 Å². The largest absolute Gasteiger partial charge is 0.271 e. The minimum absolute atomic E-state index is 0.0725. The van der Waals surface area contributed by atoms with E-state index in [2.05, 4.69) is 45.5 Å². The van der Waals surface area contributed by atoms with E-state index in [-0.39, 0.29) is 6.04 Å². The molecule has 1 aromatic carbocycles. The molecule has 1 heterocycles. The van der Waals surface area contributed by atoms with Crippen LogP contribution in [0.4, 0.5) is 0 Å². The summed E-state index contributed by atoms with van der Waals surface area (Å²) in [5, 5.41) is 4.35. The number of aromatic nitrogens is 2. The monoisotopic (exact) mass is 322 g/mol. The molecule has 1 atom stereocenters. The molecule has 2 aromatic rings. The minimum atomic E-state index is 0.0725. The standard InChI is InChI=1S/C14H19BrN4/c1-2-8-19-14(6-7-17-19)13(18-16)10-11-4-3-5-12(15)9-11/h3-7,9,13,18H,2,8,10,16H2,1H3. The van der Waals surface area contributed by atoms with Gasteiger partial charge < -0.3 is 0 Å². The summed E-state index contributed by atoms with van der Waals surface area (Å²) in [4.78, 5) is 0. The number of nitrogens with zero attached hydrogens (tertiary/aromatic N) is 2. The van der Waals surface area contributed by atoms with Gasteiger partial charge in [0.25, 0.3) is 0 Å². The van der Waals surface area contributed by atoms with Gasteiger partial charge in [-0.05, 0) is 36.6 Å². The van der Waals surface area contributed by atoms with Crippen molar-refractivity contribution in [3.8, 4) is 0 Å². The molecule has 0 aliphatic heterocycles. The molecule has 0 saturated heterocycles. The van der Waals surface area contributed by atoms with Gasteiger partial charge in [0.05, 0.1) is 11.7 Å². The lowest BCUT2D eigenvalue weighted by atomic mass is 10.0. The Kier molecular flexibility index (Phi) is 5.13. The average Bonchev–Trinajstić information content (AvgIpc) is 2.85. The molecule has 102 valence electrons. The van der Waals surface area contributed by atoms with E-state index in [9.17, 15) is 0 Å². The Morgan fingerprint density at radius 3 is 2.95 bits per heavy atom. The van der Waals surface area contributed by atoms with Crippen molar-refractivity contribution in [2.45, 2.75) is 32.4 Å². The first-order valence-electron chi connectivity index (χ1n) is 6.47. The number of hydrogen-bond acceptors (Lipinski definition) is 3. The van der Waals surface area contributed by atoms with Crippen LogP contribution in [0.2, 0.25) is 0 Å². The molecule has 0 aliphatic carbocycles. The highest BCUT2D eigenvalue weighted by Gasteiger charge is 2.15. The summed E-state index contributed by atoms with van der Waals surface area (Å²) in [5.41, 5.74) is 5.26. The maximum Gasteiger partial charge on any atom is 0.0669 e. The van der Waals surface area contributed by atoms with Crippen LogP contribution in [0.3, 0.4) is 0 Å². The molecule has 19 heavy (non-hydrogen) atoms. The average molecular weight is 323 g/mol. The molecule has 4 nitrogen and oxygen atoms in total. The Bertz CT molecular complexity index is 524. The molecule has 5 heteroatoms. The van der Waals surface area contributed by atoms with Crippen molar-refractivity contribution in [3.05, 3.63) is 52.3 Å². The molecule has 2 rings (SSSR count). The highest BCUT2D eigenvalue weighted by atomic mass is 79.9. The smallest absolute Gasteiger partial charge is 0.0669 e. The number of rotatable bonds is 6. The third-order valence-corrected chi connectivity index (χ3v) is 3.57. The molecule has 0 amide bonds. The summed E-state index contributed by atoms with van der Waals surface area (Å²) in [5.74, 6) is 5.71. The van der Waals surface area contributed by atoms with Crippen molar-refractivity contribution in [2.75, 3.05) is 0 Å². The van der Waals surface area contributed by atoms with Crippen LogP contribution in [0.25, 0.3) is 0 Å². The third-order valence-electron chi connectivity index (χ3n) is 3.07. The molecular weight excluding hydrogens is 304 g/mol. The third kappa shape index (κ3) is 3.65. The Balaban J connectivity index is 2.18. The van der Waals surface area contributed by atoms with Crippen molar-refractivity contribution in [1.82, 2.24) is 15.2 Å². The summed E-state index contributed by atoms with van der Waals surface area (Å²) >= 11 is 3.49. The van der Waals surface area contributed by atoms with Gasteiger partial charge in [0.15, 0.2) is 0 Å². The van der Waals surface area contributed by atoms with E-state index in [1.54, 1.807) is 0 Å². The van der Waals surface area contributed by atoms with Gasteiger partial charge in [-0.25, -0.2) is 0 Å². The highest BCUT2D eigenvalue weighted by molar-refractivity contribution is 9.10. The van der Waals surface area contributed by atoms with Crippen molar-refractivity contribution >= 4 is 15.9 Å². The van der Waals surface area contributed by atoms with E-state index >= 15 is 0 Å². The number of halogens is 1. The topological polar surface area (TPSA) is 55.9 Å². The fourth-order valence-electron chi connectivity index (χ4n) is 2.19. The minimum Gasteiger partial charge on any atom is -0.271 e. The van der Waals surface area contributed by atoms with E-state index in [4.69, 9.17) is 5.84 Å². The Morgan fingerprint density at radius 1 is 1.42 bits per heavy atom. The van der Waals surface area contributed by atoms with E-state index in [1.165, 1.54) is 5.56 Å². The molecule has 0 bridgehead atoms. The van der Waals surface area contributed by atoms with Crippen molar-refractivity contribution < 1.29 is 0 Å². The Hall–Kier alpha value is -1.17. The van der Waals surface area contributed by atoms with Gasteiger partial charge in [-0.2, -0.15) is 5.10 Å². The maximum atomic E-state index is 5.71. The van der Waals surface area contributed by atoms with E-state index < -0.39 is 0 Å². The van der Waals surface area contributed by atoms with Crippen LogP contribution < -0.4 is 11.3 Å². The fourth-order valence-corrected chi connectivity index (χ4v) is 2.63. The van der Waals surface area contributed by atoms with E-state index in [1.807, 2.05) is 29.1 Å². The predicted octanol–water partition coefficient (Wildman–Crippen LogP) is 2.80. The summed E-state index contributed by atoms with van der Waals surface area (Å²) in [6, 6.07) is 10.4. The second-order valence-corrected chi connectivity index (χ2v) is 5.45. The molecule has 1 aromatic heterocycles. The van der Waals surface area contributed by atoms with Crippen molar-refractivity contribution in [3.63, 3.8) is 0 Å². The molecule has 0 radical (unpaired) electrons. The van der Waals surface area contributed by atoms with Gasteiger partial charge in [-0.15, -0.1) is 0 Å². The summed E-state index contributed by atoms with van der Waals surface area (Å²) < 4.78 is 3.10. The van der Waals surface area contributed by atoms with Crippen molar-refractivity contribution in [2.24, 2.45) is 5.84 Å². The first-order chi connectivity index (χ1) is 9.24. The number of hydrogen-bond donors (Lipinski definition) is 2. The molecular formula is C14H19BrN4. The van der Waals surface area contributed by atoms with Crippen LogP contribution in [-0.4, -0.2) is 9.78 Å². The number of nitrogens with one attached hydrogen (secondary N) is 1. The first-order valence-corrected chi connectivity index (χ1v) is 7.26. The summed E-state index contributed by atoms with van der Waals surface area (Å²) in [6.07, 6.45) is 3.73. The SMILES string of the molecule is CCCn1nccc1C(Cc1cccc(Br)c1)NN. The van der Waals surface area contributed by atoms with Crippen LogP contribution >= 0.6 is 15.9 Å². The zero-order valence-corrected chi connectivity index (χ0v) is 12.6. The van der Waals surface area contributed by atoms with Crippen molar-refractivity contribution in [1.29, 1.82) is 0 Å². The van der Waals surface area contributed by atoms with Gasteiger partial charge in [0.2, 0.25) is 0 Å². The van der Waals surface area contributed by atoms with Gasteiger partial charge >= 0.3 is 0 Å². The molecule has 1 unspecified atom stereocenters. The number of benzene rings is 1. The number of aryl methyl sites for hydroxylation is 1. The molecule has 0 spiro atoms. The van der Waals surface area contributed by atoms with Crippen LogP contribution in [0.5, 0.6) is 0 Å². The van der Waals surface area contributed by atoms with Gasteiger partial charge in [0.1, 0.15) is 0 Å². The van der Waals surface area contributed by atoms with E-state index in [0.29, 0.717) is 0 Å². The lowest BCUT2D eigenvalue weighted by Crippen LogP contribution is -2.31. The quantitative estimate of drug-likeness (QED) is 0.635. The maximum absolute atomic E-state index is 5.71. The van der Waals surface area contributed by atoms with E-state index in [0.717, 1.165) is 29.6 Å². The van der Waals surface area contributed by atoms with Gasteiger partial charge in [-0.1, -0.05) is 35.0 Å². The zero-order chi connectivity index (χ0) is 13.7. The fraction of sp³-hybridized carbons (Fsp3) is 0.357. The summed E-state index contributed by atoms with van der Waals surface area (Å²) in [6.45, 7) is 3.06.